The van der Waals surface area contributed by atoms with Crippen LogP contribution in [0, 0.1) is 5.92 Å². The van der Waals surface area contributed by atoms with Gasteiger partial charge in [-0.15, -0.1) is 24.8 Å². The Labute approximate surface area is 149 Å². The van der Waals surface area contributed by atoms with E-state index in [-0.39, 0.29) is 36.9 Å². The van der Waals surface area contributed by atoms with Crippen LogP contribution in [0.25, 0.3) is 0 Å². The van der Waals surface area contributed by atoms with E-state index in [0.29, 0.717) is 18.8 Å². The number of piperidine rings is 3. The predicted molar refractivity (Wildman–Crippen MR) is 94.3 cm³/mol. The average molecular weight is 359 g/mol. The molecule has 1 aromatic rings. The van der Waals surface area contributed by atoms with Crippen LogP contribution in [0.2, 0.25) is 0 Å². The zero-order valence-corrected chi connectivity index (χ0v) is 14.7. The smallest absolute Gasteiger partial charge is 0.327 e. The lowest BCUT2D eigenvalue weighted by Gasteiger charge is -2.44. The number of nitrogens with zero attached hydrogens (tertiary/aromatic N) is 1. The van der Waals surface area contributed by atoms with Crippen LogP contribution >= 0.6 is 24.8 Å². The van der Waals surface area contributed by atoms with Crippen LogP contribution < -0.4 is 5.73 Å². The first kappa shape index (κ1) is 18.5. The fourth-order valence-electron chi connectivity index (χ4n) is 4.09. The van der Waals surface area contributed by atoms with Crippen molar-refractivity contribution in [1.29, 1.82) is 0 Å². The molecule has 6 heteroatoms. The highest BCUT2D eigenvalue weighted by atomic mass is 35.5. The van der Waals surface area contributed by atoms with Gasteiger partial charge in [-0.05, 0) is 43.0 Å². The Balaban J connectivity index is 0.000000960. The Hall–Kier alpha value is -0.810. The molecule has 1 aliphatic carbocycles. The van der Waals surface area contributed by atoms with Gasteiger partial charge in [0.2, 0.25) is 0 Å². The number of halogens is 2. The van der Waals surface area contributed by atoms with Gasteiger partial charge in [0, 0.05) is 19.4 Å². The summed E-state index contributed by atoms with van der Waals surface area (Å²) in [5.74, 6) is 0.323. The Bertz CT molecular complexity index is 548. The van der Waals surface area contributed by atoms with Gasteiger partial charge in [-0.2, -0.15) is 0 Å². The molecule has 3 aliphatic heterocycles. The van der Waals surface area contributed by atoms with Crippen molar-refractivity contribution in [2.45, 2.75) is 37.3 Å². The normalized spacial score (nSPS) is 29.9. The lowest BCUT2D eigenvalue weighted by Crippen LogP contribution is -2.56. The summed E-state index contributed by atoms with van der Waals surface area (Å²) in [5.41, 5.74) is 7.89. The van der Waals surface area contributed by atoms with Crippen molar-refractivity contribution in [3.63, 3.8) is 0 Å². The summed E-state index contributed by atoms with van der Waals surface area (Å²) in [7, 11) is 0. The topological polar surface area (TPSA) is 55.6 Å². The van der Waals surface area contributed by atoms with Crippen LogP contribution in [0.5, 0.6) is 0 Å². The van der Waals surface area contributed by atoms with Gasteiger partial charge in [0.1, 0.15) is 11.6 Å². The molecule has 2 bridgehead atoms. The fourth-order valence-corrected chi connectivity index (χ4v) is 4.09. The molecule has 1 unspecified atom stereocenters. The third kappa shape index (κ3) is 3.36. The third-order valence-electron chi connectivity index (χ3n) is 5.39. The second-order valence-electron chi connectivity index (χ2n) is 6.86. The summed E-state index contributed by atoms with van der Waals surface area (Å²) in [6, 6.07) is 8.13. The number of nitrogens with two attached hydrogens (primary N) is 1. The van der Waals surface area contributed by atoms with Gasteiger partial charge in [-0.3, -0.25) is 9.69 Å². The minimum atomic E-state index is -0.865. The number of benzene rings is 1. The van der Waals surface area contributed by atoms with E-state index in [1.54, 1.807) is 0 Å². The largest absolute Gasteiger partial charge is 0.459 e. The van der Waals surface area contributed by atoms with E-state index in [2.05, 4.69) is 17.0 Å². The molecule has 0 amide bonds. The summed E-state index contributed by atoms with van der Waals surface area (Å²) in [5, 5.41) is 0. The number of ether oxygens (including phenoxy) is 1. The summed E-state index contributed by atoms with van der Waals surface area (Å²) in [6.07, 6.45) is 3.54. The van der Waals surface area contributed by atoms with Gasteiger partial charge >= 0.3 is 5.97 Å². The number of rotatable bonds is 2. The minimum Gasteiger partial charge on any atom is -0.459 e. The minimum absolute atomic E-state index is 0. The van der Waals surface area contributed by atoms with Gasteiger partial charge in [0.25, 0.3) is 0 Å². The van der Waals surface area contributed by atoms with Crippen molar-refractivity contribution in [2.24, 2.45) is 11.7 Å². The van der Waals surface area contributed by atoms with E-state index in [1.165, 1.54) is 11.1 Å². The van der Waals surface area contributed by atoms with Crippen molar-refractivity contribution < 1.29 is 9.53 Å². The molecule has 128 valence electrons. The maximum Gasteiger partial charge on any atom is 0.327 e. The average Bonchev–Trinajstić information content (AvgIpc) is 2.86. The lowest BCUT2D eigenvalue weighted by molar-refractivity contribution is -0.165. The number of fused-ring (bicyclic) bond motifs is 4. The van der Waals surface area contributed by atoms with Gasteiger partial charge in [0.15, 0.2) is 0 Å². The second kappa shape index (κ2) is 6.98. The zero-order chi connectivity index (χ0) is 14.4. The quantitative estimate of drug-likeness (QED) is 0.821. The van der Waals surface area contributed by atoms with Crippen LogP contribution in [0.3, 0.4) is 0 Å². The summed E-state index contributed by atoms with van der Waals surface area (Å²) in [6.45, 7) is 3.19. The van der Waals surface area contributed by atoms with Crippen LogP contribution in [0.4, 0.5) is 0 Å². The number of hydrogen-bond acceptors (Lipinski definition) is 4. The zero-order valence-electron chi connectivity index (χ0n) is 13.1. The van der Waals surface area contributed by atoms with Crippen LogP contribution in [-0.4, -0.2) is 42.1 Å². The molecule has 3 heterocycles. The molecule has 3 fully saturated rings. The summed E-state index contributed by atoms with van der Waals surface area (Å²) < 4.78 is 5.84. The van der Waals surface area contributed by atoms with Crippen molar-refractivity contribution in [3.8, 4) is 0 Å². The van der Waals surface area contributed by atoms with E-state index in [4.69, 9.17) is 10.5 Å². The molecule has 2 N–H and O–H groups in total. The molecule has 1 aromatic carbocycles. The molecule has 1 atom stereocenters. The highest BCUT2D eigenvalue weighted by Gasteiger charge is 2.44. The van der Waals surface area contributed by atoms with Crippen LogP contribution in [0.1, 0.15) is 24.0 Å². The molecule has 0 radical (unpaired) electrons. The van der Waals surface area contributed by atoms with Crippen molar-refractivity contribution in [1.82, 2.24) is 4.90 Å². The number of carbonyl (C=O) groups excluding carboxylic acids is 1. The first-order valence-corrected chi connectivity index (χ1v) is 7.93. The number of carbonyl (C=O) groups is 1. The van der Waals surface area contributed by atoms with E-state index in [9.17, 15) is 4.79 Å². The maximum atomic E-state index is 12.6. The first-order chi connectivity index (χ1) is 10.1. The van der Waals surface area contributed by atoms with Crippen molar-refractivity contribution in [2.75, 3.05) is 19.6 Å². The lowest BCUT2D eigenvalue weighted by atomic mass is 9.85. The van der Waals surface area contributed by atoms with Gasteiger partial charge in [0.05, 0.1) is 0 Å². The van der Waals surface area contributed by atoms with Crippen LogP contribution in [-0.2, 0) is 22.4 Å². The van der Waals surface area contributed by atoms with Gasteiger partial charge in [-0.25, -0.2) is 0 Å². The maximum absolute atomic E-state index is 12.6. The molecular weight excluding hydrogens is 335 g/mol. The molecule has 4 nitrogen and oxygen atoms in total. The SMILES string of the molecule is Cl.Cl.NC1(C(=O)OC2CN3CCC2CC3)Cc2ccccc2C1. The molecule has 5 rings (SSSR count). The Morgan fingerprint density at radius 2 is 1.70 bits per heavy atom. The highest BCUT2D eigenvalue weighted by molar-refractivity contribution is 5.85. The molecule has 4 aliphatic rings. The molecule has 0 saturated carbocycles. The monoisotopic (exact) mass is 358 g/mol. The first-order valence-electron chi connectivity index (χ1n) is 7.93. The number of esters is 1. The molecular formula is C17H24Cl2N2O2. The van der Waals surface area contributed by atoms with E-state index < -0.39 is 5.54 Å². The Morgan fingerprint density at radius 1 is 1.13 bits per heavy atom. The van der Waals surface area contributed by atoms with Crippen molar-refractivity contribution in [3.05, 3.63) is 35.4 Å². The highest BCUT2D eigenvalue weighted by Crippen LogP contribution is 2.33. The molecule has 23 heavy (non-hydrogen) atoms. The van der Waals surface area contributed by atoms with Crippen molar-refractivity contribution >= 4 is 30.8 Å². The van der Waals surface area contributed by atoms with E-state index in [1.807, 2.05) is 12.1 Å². The standard InChI is InChI=1S/C17H22N2O2.2ClH/c18-17(9-13-3-1-2-4-14(13)10-17)16(20)21-15-11-19-7-5-12(15)6-8-19;;/h1-4,12,15H,5-11,18H2;2*1H. The van der Waals surface area contributed by atoms with Gasteiger partial charge < -0.3 is 10.5 Å². The summed E-state index contributed by atoms with van der Waals surface area (Å²) >= 11 is 0. The third-order valence-corrected chi connectivity index (χ3v) is 5.39. The van der Waals surface area contributed by atoms with E-state index >= 15 is 0 Å². The molecule has 0 aromatic heterocycles. The summed E-state index contributed by atoms with van der Waals surface area (Å²) in [4.78, 5) is 15.0. The fraction of sp³-hybridized carbons (Fsp3) is 0.588. The molecule has 3 saturated heterocycles. The Kier molecular flexibility index (Phi) is 5.62. The second-order valence-corrected chi connectivity index (χ2v) is 6.86. The van der Waals surface area contributed by atoms with Crippen LogP contribution in [0.15, 0.2) is 24.3 Å². The predicted octanol–water partition coefficient (Wildman–Crippen LogP) is 1.96. The molecule has 0 spiro atoms. The van der Waals surface area contributed by atoms with E-state index in [0.717, 1.165) is 32.5 Å². The number of hydrogen-bond donors (Lipinski definition) is 1. The Morgan fingerprint density at radius 3 is 2.17 bits per heavy atom. The van der Waals surface area contributed by atoms with Gasteiger partial charge in [-0.1, -0.05) is 24.3 Å².